The fraction of sp³-hybridized carbons (Fsp3) is 0.379. The highest BCUT2D eigenvalue weighted by Gasteiger charge is 2.26. The van der Waals surface area contributed by atoms with Crippen molar-refractivity contribution in [2.75, 3.05) is 0 Å². The normalized spacial score (nSPS) is 20.1. The second kappa shape index (κ2) is 7.82. The summed E-state index contributed by atoms with van der Waals surface area (Å²) in [5.74, 6) is 0.881. The largest absolute Gasteiger partial charge is 0.0909 e. The molecule has 5 rings (SSSR count). The van der Waals surface area contributed by atoms with Gasteiger partial charge in [0.25, 0.3) is 0 Å². The Morgan fingerprint density at radius 1 is 1.00 bits per heavy atom. The highest BCUT2D eigenvalue weighted by Crippen LogP contribution is 2.42. The van der Waals surface area contributed by atoms with Gasteiger partial charge >= 0.3 is 0 Å². The number of benzene rings is 2. The maximum absolute atomic E-state index is 4.52. The molecule has 0 amide bonds. The van der Waals surface area contributed by atoms with Gasteiger partial charge in [0, 0.05) is 0 Å². The van der Waals surface area contributed by atoms with Crippen LogP contribution in [0, 0.1) is 5.92 Å². The second-order valence-corrected chi connectivity index (χ2v) is 9.14. The standard InChI is InChI=1S/C29H32/c1-3-22-15-16-26-20(2)25(18-24-14-13-23-11-7-8-12-27(23)24)19-29(26)28(22)17-21-9-5-4-6-10-21/h7-8,11-12,14-16,18,21H,2-6,9-10,13,17,19H2,1H3/b25-18+. The number of hydrogen-bond donors (Lipinski definition) is 0. The highest BCUT2D eigenvalue weighted by molar-refractivity contribution is 5.91. The molecule has 0 aromatic heterocycles. The maximum atomic E-state index is 4.52. The first-order valence-corrected chi connectivity index (χ1v) is 11.6. The van der Waals surface area contributed by atoms with Gasteiger partial charge in [0.2, 0.25) is 0 Å². The van der Waals surface area contributed by atoms with E-state index in [0.29, 0.717) is 0 Å². The molecule has 0 nitrogen and oxygen atoms in total. The number of fused-ring (bicyclic) bond motifs is 2. The van der Waals surface area contributed by atoms with Gasteiger partial charge in [-0.3, -0.25) is 0 Å². The quantitative estimate of drug-likeness (QED) is 0.515. The SMILES string of the molecule is C=C1/C(=C/C2=CCc3ccccc32)Cc2c1ccc(CC)c2CC1CCCCC1. The van der Waals surface area contributed by atoms with Crippen molar-refractivity contribution in [2.45, 2.75) is 64.7 Å². The Morgan fingerprint density at radius 3 is 2.66 bits per heavy atom. The Kier molecular flexibility index (Phi) is 5.04. The zero-order valence-corrected chi connectivity index (χ0v) is 17.8. The Balaban J connectivity index is 1.48. The minimum atomic E-state index is 0.881. The molecule has 0 unspecified atom stereocenters. The molecule has 0 heteroatoms. The minimum Gasteiger partial charge on any atom is -0.0909 e. The first-order chi connectivity index (χ1) is 14.2. The minimum absolute atomic E-state index is 0.881. The van der Waals surface area contributed by atoms with E-state index < -0.39 is 0 Å². The fourth-order valence-electron chi connectivity index (χ4n) is 5.73. The first-order valence-electron chi connectivity index (χ1n) is 11.6. The third kappa shape index (κ3) is 3.44. The van der Waals surface area contributed by atoms with E-state index in [1.54, 1.807) is 16.7 Å². The van der Waals surface area contributed by atoms with Gasteiger partial charge in [-0.1, -0.05) is 94.2 Å². The van der Waals surface area contributed by atoms with Crippen LogP contribution >= 0.6 is 0 Å². The molecular weight excluding hydrogens is 348 g/mol. The van der Waals surface area contributed by atoms with Crippen molar-refractivity contribution in [2.24, 2.45) is 5.92 Å². The van der Waals surface area contributed by atoms with Crippen molar-refractivity contribution in [3.8, 4) is 0 Å². The molecule has 0 saturated heterocycles. The summed E-state index contributed by atoms with van der Waals surface area (Å²) >= 11 is 0. The van der Waals surface area contributed by atoms with Crippen LogP contribution in [0.5, 0.6) is 0 Å². The lowest BCUT2D eigenvalue weighted by Gasteiger charge is -2.24. The molecule has 0 bridgehead atoms. The molecule has 3 aliphatic carbocycles. The average molecular weight is 381 g/mol. The van der Waals surface area contributed by atoms with E-state index in [1.807, 2.05) is 0 Å². The monoisotopic (exact) mass is 380 g/mol. The molecule has 0 N–H and O–H groups in total. The Hall–Kier alpha value is -2.34. The number of aryl methyl sites for hydroxylation is 1. The molecule has 0 radical (unpaired) electrons. The van der Waals surface area contributed by atoms with Crippen molar-refractivity contribution in [3.63, 3.8) is 0 Å². The van der Waals surface area contributed by atoms with Crippen LogP contribution in [0.15, 0.2) is 60.7 Å². The maximum Gasteiger partial charge on any atom is -0.00106 e. The van der Waals surface area contributed by atoms with E-state index in [2.05, 4.69) is 62.1 Å². The highest BCUT2D eigenvalue weighted by atomic mass is 14.3. The smallest absolute Gasteiger partial charge is 0.00106 e. The predicted octanol–water partition coefficient (Wildman–Crippen LogP) is 7.51. The molecule has 3 aliphatic rings. The van der Waals surface area contributed by atoms with Crippen LogP contribution < -0.4 is 0 Å². The van der Waals surface area contributed by atoms with Crippen LogP contribution in [-0.2, 0) is 25.7 Å². The van der Waals surface area contributed by atoms with E-state index in [9.17, 15) is 0 Å². The first kappa shape index (κ1) is 18.7. The van der Waals surface area contributed by atoms with Crippen molar-refractivity contribution in [3.05, 3.63) is 94.1 Å². The Bertz CT molecular complexity index is 1010. The van der Waals surface area contributed by atoms with Gasteiger partial charge < -0.3 is 0 Å². The summed E-state index contributed by atoms with van der Waals surface area (Å²) in [6.45, 7) is 6.84. The number of allylic oxidation sites excluding steroid dienone is 5. The van der Waals surface area contributed by atoms with Crippen LogP contribution in [0.1, 0.15) is 72.4 Å². The molecule has 0 atom stereocenters. The van der Waals surface area contributed by atoms with Gasteiger partial charge in [-0.05, 0) is 81.7 Å². The van der Waals surface area contributed by atoms with E-state index >= 15 is 0 Å². The number of rotatable bonds is 4. The predicted molar refractivity (Wildman–Crippen MR) is 125 cm³/mol. The summed E-state index contributed by atoms with van der Waals surface area (Å²) in [5.41, 5.74) is 13.1. The molecule has 29 heavy (non-hydrogen) atoms. The van der Waals surface area contributed by atoms with Crippen LogP contribution in [0.4, 0.5) is 0 Å². The molecule has 2 aromatic carbocycles. The van der Waals surface area contributed by atoms with Crippen molar-refractivity contribution >= 4 is 11.1 Å². The Labute approximate surface area is 176 Å². The molecule has 0 heterocycles. The summed E-state index contributed by atoms with van der Waals surface area (Å²) in [5, 5.41) is 0. The summed E-state index contributed by atoms with van der Waals surface area (Å²) in [6.07, 6.45) is 16.4. The van der Waals surface area contributed by atoms with E-state index in [0.717, 1.165) is 25.2 Å². The summed E-state index contributed by atoms with van der Waals surface area (Å²) < 4.78 is 0. The lowest BCUT2D eigenvalue weighted by Crippen LogP contribution is -2.12. The molecular formula is C29H32. The average Bonchev–Trinajstić information content (AvgIpc) is 3.31. The van der Waals surface area contributed by atoms with Crippen LogP contribution in [0.2, 0.25) is 0 Å². The van der Waals surface area contributed by atoms with Gasteiger partial charge in [0.1, 0.15) is 0 Å². The molecule has 1 fully saturated rings. The third-order valence-electron chi connectivity index (χ3n) is 7.41. The topological polar surface area (TPSA) is 0 Å². The molecule has 2 aromatic rings. The lowest BCUT2D eigenvalue weighted by molar-refractivity contribution is 0.355. The Morgan fingerprint density at radius 2 is 1.83 bits per heavy atom. The lowest BCUT2D eigenvalue weighted by atomic mass is 9.81. The van der Waals surface area contributed by atoms with Crippen molar-refractivity contribution in [1.82, 2.24) is 0 Å². The van der Waals surface area contributed by atoms with E-state index in [-0.39, 0.29) is 0 Å². The van der Waals surface area contributed by atoms with Gasteiger partial charge in [-0.25, -0.2) is 0 Å². The molecule has 148 valence electrons. The molecule has 1 saturated carbocycles. The van der Waals surface area contributed by atoms with Gasteiger partial charge in [-0.15, -0.1) is 0 Å². The van der Waals surface area contributed by atoms with E-state index in [4.69, 9.17) is 0 Å². The zero-order valence-electron chi connectivity index (χ0n) is 17.8. The number of hydrogen-bond acceptors (Lipinski definition) is 0. The van der Waals surface area contributed by atoms with Crippen LogP contribution in [-0.4, -0.2) is 0 Å². The van der Waals surface area contributed by atoms with Crippen molar-refractivity contribution in [1.29, 1.82) is 0 Å². The van der Waals surface area contributed by atoms with Gasteiger partial charge in [0.05, 0.1) is 0 Å². The molecule has 0 spiro atoms. The van der Waals surface area contributed by atoms with Crippen LogP contribution in [0.25, 0.3) is 11.1 Å². The third-order valence-corrected chi connectivity index (χ3v) is 7.41. The fourth-order valence-corrected chi connectivity index (χ4v) is 5.73. The summed E-state index contributed by atoms with van der Waals surface area (Å²) in [6, 6.07) is 13.6. The zero-order chi connectivity index (χ0) is 19.8. The van der Waals surface area contributed by atoms with E-state index in [1.165, 1.54) is 71.9 Å². The van der Waals surface area contributed by atoms with Crippen molar-refractivity contribution < 1.29 is 0 Å². The van der Waals surface area contributed by atoms with Gasteiger partial charge in [0.15, 0.2) is 0 Å². The van der Waals surface area contributed by atoms with Gasteiger partial charge in [-0.2, -0.15) is 0 Å². The van der Waals surface area contributed by atoms with Crippen LogP contribution in [0.3, 0.4) is 0 Å². The summed E-state index contributed by atoms with van der Waals surface area (Å²) in [4.78, 5) is 0. The second-order valence-electron chi connectivity index (χ2n) is 9.14. The summed E-state index contributed by atoms with van der Waals surface area (Å²) in [7, 11) is 0. The molecule has 0 aliphatic heterocycles.